The molecule has 0 fully saturated rings. The van der Waals surface area contributed by atoms with E-state index in [9.17, 15) is 18.0 Å². The number of ether oxygens (including phenoxy) is 1. The van der Waals surface area contributed by atoms with Crippen LogP contribution in [-0.2, 0) is 9.53 Å². The van der Waals surface area contributed by atoms with E-state index in [2.05, 4.69) is 5.32 Å². The molecule has 1 N–H and O–H groups in total. The summed E-state index contributed by atoms with van der Waals surface area (Å²) in [5.41, 5.74) is 0.0724. The number of hydrogen-bond donors (Lipinski definition) is 1. The molecular weight excluding hydrogens is 247 g/mol. The van der Waals surface area contributed by atoms with Crippen molar-refractivity contribution in [2.24, 2.45) is 0 Å². The lowest BCUT2D eigenvalue weighted by molar-refractivity contribution is -0.143. The first kappa shape index (κ1) is 14.3. The van der Waals surface area contributed by atoms with Crippen LogP contribution in [0.4, 0.5) is 18.9 Å². The molecule has 18 heavy (non-hydrogen) atoms. The lowest BCUT2D eigenvalue weighted by Crippen LogP contribution is -2.21. The molecule has 1 aromatic carbocycles. The van der Waals surface area contributed by atoms with Crippen LogP contribution in [0.2, 0.25) is 0 Å². The van der Waals surface area contributed by atoms with Crippen molar-refractivity contribution in [3.8, 4) is 0 Å². The average molecular weight is 261 g/mol. The summed E-state index contributed by atoms with van der Waals surface area (Å²) in [6.45, 7) is 3.60. The molecule has 100 valence electrons. The van der Waals surface area contributed by atoms with Gasteiger partial charge in [-0.05, 0) is 13.8 Å². The number of anilines is 1. The van der Waals surface area contributed by atoms with Crippen LogP contribution in [0.15, 0.2) is 12.1 Å². The molecule has 1 rings (SSSR count). The Hall–Kier alpha value is -1.72. The average Bonchev–Trinajstić information content (AvgIpc) is 2.25. The van der Waals surface area contributed by atoms with Gasteiger partial charge in [-0.2, -0.15) is 0 Å². The van der Waals surface area contributed by atoms with Crippen molar-refractivity contribution in [1.29, 1.82) is 0 Å². The minimum Gasteiger partial charge on any atom is -0.466 e. The van der Waals surface area contributed by atoms with Crippen molar-refractivity contribution < 1.29 is 22.7 Å². The van der Waals surface area contributed by atoms with Gasteiger partial charge in [-0.25, -0.2) is 13.2 Å². The predicted molar refractivity (Wildman–Crippen MR) is 60.7 cm³/mol. The van der Waals surface area contributed by atoms with Gasteiger partial charge in [-0.1, -0.05) is 0 Å². The molecule has 6 heteroatoms. The fourth-order valence-electron chi connectivity index (χ4n) is 1.44. The second-order valence-electron chi connectivity index (χ2n) is 3.81. The predicted octanol–water partition coefficient (Wildman–Crippen LogP) is 2.86. The zero-order valence-electron chi connectivity index (χ0n) is 10.1. The quantitative estimate of drug-likeness (QED) is 0.654. The van der Waals surface area contributed by atoms with Crippen molar-refractivity contribution in [2.75, 3.05) is 11.9 Å². The number of esters is 1. The minimum absolute atomic E-state index is 0.0501. The molecule has 0 saturated carbocycles. The smallest absolute Gasteiger partial charge is 0.307 e. The molecule has 0 heterocycles. The first-order valence-electron chi connectivity index (χ1n) is 5.50. The van der Waals surface area contributed by atoms with Crippen LogP contribution in [0, 0.1) is 17.5 Å². The Kier molecular flexibility index (Phi) is 5.00. The molecule has 0 spiro atoms. The van der Waals surface area contributed by atoms with Gasteiger partial charge in [0.25, 0.3) is 0 Å². The maximum atomic E-state index is 12.9. The molecule has 0 aliphatic rings. The highest BCUT2D eigenvalue weighted by Crippen LogP contribution is 2.18. The van der Waals surface area contributed by atoms with E-state index in [0.29, 0.717) is 0 Å². The zero-order chi connectivity index (χ0) is 13.7. The van der Waals surface area contributed by atoms with Crippen molar-refractivity contribution in [2.45, 2.75) is 26.3 Å². The summed E-state index contributed by atoms with van der Waals surface area (Å²) in [4.78, 5) is 11.2. The number of carbonyl (C=O) groups excluding carboxylic acids is 1. The number of halogens is 3. The van der Waals surface area contributed by atoms with Gasteiger partial charge in [0.05, 0.1) is 13.0 Å². The molecule has 0 amide bonds. The molecule has 3 nitrogen and oxygen atoms in total. The molecule has 0 saturated heterocycles. The summed E-state index contributed by atoms with van der Waals surface area (Å²) in [5, 5.41) is 2.69. The zero-order valence-corrected chi connectivity index (χ0v) is 10.1. The van der Waals surface area contributed by atoms with Crippen LogP contribution in [0.3, 0.4) is 0 Å². The Bertz CT molecular complexity index is 414. The Morgan fingerprint density at radius 2 is 1.89 bits per heavy atom. The van der Waals surface area contributed by atoms with Crippen molar-refractivity contribution >= 4 is 11.7 Å². The molecule has 1 atom stereocenters. The van der Waals surface area contributed by atoms with Crippen LogP contribution < -0.4 is 5.32 Å². The van der Waals surface area contributed by atoms with Crippen LogP contribution in [-0.4, -0.2) is 18.6 Å². The first-order valence-corrected chi connectivity index (χ1v) is 5.50. The minimum atomic E-state index is -1.52. The standard InChI is InChI=1S/C12H14F3NO2/c1-3-18-11(17)4-7(2)16-8-5-9(13)12(15)10(14)6-8/h5-7,16H,3-4H2,1-2H3. The van der Waals surface area contributed by atoms with Crippen LogP contribution in [0.5, 0.6) is 0 Å². The lowest BCUT2D eigenvalue weighted by Gasteiger charge is -2.14. The third kappa shape index (κ3) is 3.94. The molecular formula is C12H14F3NO2. The van der Waals surface area contributed by atoms with Gasteiger partial charge < -0.3 is 10.1 Å². The number of hydrogen-bond acceptors (Lipinski definition) is 3. The molecule has 0 aliphatic carbocycles. The number of benzene rings is 1. The summed E-state index contributed by atoms with van der Waals surface area (Å²) >= 11 is 0. The third-order valence-corrected chi connectivity index (χ3v) is 2.18. The van der Waals surface area contributed by atoms with Gasteiger partial charge in [0, 0.05) is 23.9 Å². The molecule has 1 unspecified atom stereocenters. The Morgan fingerprint density at radius 3 is 2.39 bits per heavy atom. The van der Waals surface area contributed by atoms with Crippen molar-refractivity contribution in [1.82, 2.24) is 0 Å². The summed E-state index contributed by atoms with van der Waals surface area (Å²) in [6, 6.07) is 1.29. The van der Waals surface area contributed by atoms with E-state index in [1.807, 2.05) is 0 Å². The summed E-state index contributed by atoms with van der Waals surface area (Å²) in [5.74, 6) is -4.49. The molecule has 0 aliphatic heterocycles. The summed E-state index contributed by atoms with van der Waals surface area (Å²) in [7, 11) is 0. The third-order valence-electron chi connectivity index (χ3n) is 2.18. The molecule has 0 aromatic heterocycles. The van der Waals surface area contributed by atoms with Crippen molar-refractivity contribution in [3.05, 3.63) is 29.6 Å². The van der Waals surface area contributed by atoms with E-state index in [1.54, 1.807) is 13.8 Å². The van der Waals surface area contributed by atoms with Gasteiger partial charge in [0.2, 0.25) is 0 Å². The molecule has 1 aromatic rings. The van der Waals surface area contributed by atoms with Crippen LogP contribution in [0.1, 0.15) is 20.3 Å². The van der Waals surface area contributed by atoms with E-state index in [-0.39, 0.29) is 24.8 Å². The number of nitrogens with one attached hydrogen (secondary N) is 1. The molecule has 0 bridgehead atoms. The van der Waals surface area contributed by atoms with E-state index in [1.165, 1.54) is 0 Å². The monoisotopic (exact) mass is 261 g/mol. The van der Waals surface area contributed by atoms with Crippen molar-refractivity contribution in [3.63, 3.8) is 0 Å². The maximum absolute atomic E-state index is 12.9. The van der Waals surface area contributed by atoms with Gasteiger partial charge in [0.15, 0.2) is 17.5 Å². The first-order chi connectivity index (χ1) is 8.43. The Balaban J connectivity index is 2.65. The Morgan fingerprint density at radius 1 is 1.33 bits per heavy atom. The van der Waals surface area contributed by atoms with Gasteiger partial charge >= 0.3 is 5.97 Å². The number of rotatable bonds is 5. The molecule has 0 radical (unpaired) electrons. The summed E-state index contributed by atoms with van der Waals surface area (Å²) < 4.78 is 43.3. The highest BCUT2D eigenvalue weighted by atomic mass is 19.2. The van der Waals surface area contributed by atoms with Crippen LogP contribution in [0.25, 0.3) is 0 Å². The fourth-order valence-corrected chi connectivity index (χ4v) is 1.44. The largest absolute Gasteiger partial charge is 0.466 e. The van der Waals surface area contributed by atoms with Gasteiger partial charge in [0.1, 0.15) is 0 Å². The van der Waals surface area contributed by atoms with E-state index >= 15 is 0 Å². The fraction of sp³-hybridized carbons (Fsp3) is 0.417. The lowest BCUT2D eigenvalue weighted by atomic mass is 10.2. The second kappa shape index (κ2) is 6.28. The Labute approximate surface area is 103 Å². The van der Waals surface area contributed by atoms with E-state index in [0.717, 1.165) is 12.1 Å². The highest BCUT2D eigenvalue weighted by Gasteiger charge is 2.13. The van der Waals surface area contributed by atoms with Crippen LogP contribution >= 0.6 is 0 Å². The second-order valence-corrected chi connectivity index (χ2v) is 3.81. The number of carbonyl (C=O) groups is 1. The topological polar surface area (TPSA) is 38.3 Å². The van der Waals surface area contributed by atoms with E-state index < -0.39 is 23.4 Å². The van der Waals surface area contributed by atoms with Gasteiger partial charge in [-0.3, -0.25) is 4.79 Å². The highest BCUT2D eigenvalue weighted by molar-refractivity contribution is 5.70. The maximum Gasteiger partial charge on any atom is 0.307 e. The summed E-state index contributed by atoms with van der Waals surface area (Å²) in [6.07, 6.45) is 0.0501. The normalized spacial score (nSPS) is 12.1. The van der Waals surface area contributed by atoms with Gasteiger partial charge in [-0.15, -0.1) is 0 Å². The van der Waals surface area contributed by atoms with E-state index in [4.69, 9.17) is 4.74 Å². The SMILES string of the molecule is CCOC(=O)CC(C)Nc1cc(F)c(F)c(F)c1.